The van der Waals surface area contributed by atoms with Crippen LogP contribution in [0.5, 0.6) is 0 Å². The third-order valence-corrected chi connectivity index (χ3v) is 5.19. The highest BCUT2D eigenvalue weighted by Crippen LogP contribution is 2.21. The van der Waals surface area contributed by atoms with E-state index in [1.54, 1.807) is 0 Å². The number of carbonyl (C=O) groups is 2. The second-order valence-corrected chi connectivity index (χ2v) is 7.53. The van der Waals surface area contributed by atoms with E-state index in [1.807, 2.05) is 47.4 Å². The summed E-state index contributed by atoms with van der Waals surface area (Å²) in [4.78, 5) is 25.1. The molecule has 1 heterocycles. The summed E-state index contributed by atoms with van der Waals surface area (Å²) < 4.78 is 4.95. The van der Waals surface area contributed by atoms with E-state index in [1.165, 1.54) is 0 Å². The van der Waals surface area contributed by atoms with E-state index in [4.69, 9.17) is 10.5 Å². The molecule has 1 aromatic rings. The minimum Gasteiger partial charge on any atom is -0.465 e. The summed E-state index contributed by atoms with van der Waals surface area (Å²) in [6.07, 6.45) is 10.2. The van der Waals surface area contributed by atoms with Crippen molar-refractivity contribution in [3.63, 3.8) is 0 Å². The van der Waals surface area contributed by atoms with Gasteiger partial charge >= 0.3 is 5.97 Å². The molecule has 0 saturated carbocycles. The molecule has 3 N–H and O–H groups in total. The minimum atomic E-state index is -0.539. The normalized spacial score (nSPS) is 17.8. The number of hydrogen-bond acceptors (Lipinski definition) is 5. The molecule has 1 aromatic carbocycles. The predicted molar refractivity (Wildman–Crippen MR) is 113 cm³/mol. The van der Waals surface area contributed by atoms with Gasteiger partial charge < -0.3 is 20.5 Å². The van der Waals surface area contributed by atoms with Crippen molar-refractivity contribution in [2.75, 3.05) is 19.7 Å². The van der Waals surface area contributed by atoms with Crippen molar-refractivity contribution in [3.8, 4) is 0 Å². The minimum absolute atomic E-state index is 0.0667. The maximum Gasteiger partial charge on any atom is 0.319 e. The number of likely N-dealkylation sites (tertiary alicyclic amines) is 1. The van der Waals surface area contributed by atoms with Crippen molar-refractivity contribution in [2.45, 2.75) is 63.5 Å². The van der Waals surface area contributed by atoms with Crippen molar-refractivity contribution in [1.82, 2.24) is 4.90 Å². The molecule has 0 unspecified atom stereocenters. The van der Waals surface area contributed by atoms with Crippen LogP contribution in [-0.4, -0.2) is 53.7 Å². The molecule has 1 aliphatic rings. The largest absolute Gasteiger partial charge is 0.465 e. The Labute approximate surface area is 173 Å². The van der Waals surface area contributed by atoms with Crippen LogP contribution in [0.25, 0.3) is 0 Å². The predicted octanol–water partition coefficient (Wildman–Crippen LogP) is 2.59. The van der Waals surface area contributed by atoms with Gasteiger partial charge in [0, 0.05) is 19.4 Å². The third kappa shape index (κ3) is 8.79. The monoisotopic (exact) mass is 402 g/mol. The highest BCUT2D eigenvalue weighted by Gasteiger charge is 2.28. The molecule has 1 aliphatic heterocycles. The Hall–Kier alpha value is -2.18. The maximum atomic E-state index is 12.2. The summed E-state index contributed by atoms with van der Waals surface area (Å²) >= 11 is 0. The smallest absolute Gasteiger partial charge is 0.319 e. The summed E-state index contributed by atoms with van der Waals surface area (Å²) in [7, 11) is 0. The van der Waals surface area contributed by atoms with Crippen LogP contribution in [0.4, 0.5) is 0 Å². The van der Waals surface area contributed by atoms with E-state index in [-0.39, 0.29) is 24.5 Å². The van der Waals surface area contributed by atoms with E-state index >= 15 is 0 Å². The molecule has 0 aromatic heterocycles. The second-order valence-electron chi connectivity index (χ2n) is 7.53. The first-order chi connectivity index (χ1) is 14.1. The van der Waals surface area contributed by atoms with Crippen molar-refractivity contribution in [2.24, 2.45) is 5.73 Å². The van der Waals surface area contributed by atoms with E-state index in [9.17, 15) is 14.7 Å². The van der Waals surface area contributed by atoms with Crippen LogP contribution in [0.15, 0.2) is 42.5 Å². The lowest BCUT2D eigenvalue weighted by atomic mass is 10.1. The van der Waals surface area contributed by atoms with Crippen LogP contribution in [-0.2, 0) is 20.7 Å². The number of benzene rings is 1. The molecule has 2 rings (SSSR count). The van der Waals surface area contributed by atoms with Crippen molar-refractivity contribution in [1.29, 1.82) is 0 Å². The molecular formula is C23H34N2O4. The lowest BCUT2D eigenvalue weighted by molar-refractivity contribution is -0.142. The highest BCUT2D eigenvalue weighted by atomic mass is 16.5. The molecule has 0 bridgehead atoms. The average Bonchev–Trinajstić information content (AvgIpc) is 3.08. The lowest BCUT2D eigenvalue weighted by Gasteiger charge is -2.22. The third-order valence-electron chi connectivity index (χ3n) is 5.19. The van der Waals surface area contributed by atoms with E-state index in [2.05, 4.69) is 0 Å². The first-order valence-corrected chi connectivity index (χ1v) is 10.7. The van der Waals surface area contributed by atoms with E-state index < -0.39 is 6.10 Å². The number of rotatable bonds is 13. The second kappa shape index (κ2) is 13.1. The first-order valence-electron chi connectivity index (χ1n) is 10.7. The Bertz CT molecular complexity index is 648. The number of unbranched alkanes of at least 4 members (excludes halogenated alkanes) is 4. The fourth-order valence-electron chi connectivity index (χ4n) is 3.59. The van der Waals surface area contributed by atoms with Crippen LogP contribution < -0.4 is 5.73 Å². The fraction of sp³-hybridized carbons (Fsp3) is 0.565. The number of nitrogens with two attached hydrogens (primary N) is 1. The number of aliphatic hydroxyl groups is 1. The van der Waals surface area contributed by atoms with Gasteiger partial charge in [0.15, 0.2) is 0 Å². The molecule has 6 heteroatoms. The van der Waals surface area contributed by atoms with Crippen LogP contribution in [0.2, 0.25) is 0 Å². The summed E-state index contributed by atoms with van der Waals surface area (Å²) in [5.74, 6) is -0.156. The molecule has 2 atom stereocenters. The average molecular weight is 403 g/mol. The quantitative estimate of drug-likeness (QED) is 0.301. The van der Waals surface area contributed by atoms with Gasteiger partial charge in [-0.15, -0.1) is 0 Å². The lowest BCUT2D eigenvalue weighted by Crippen LogP contribution is -2.32. The van der Waals surface area contributed by atoms with Gasteiger partial charge in [-0.1, -0.05) is 61.7 Å². The SMILES string of the molecule is NCC(=O)OCCCCCCCN1C(=O)CC[C@@H]1C=C[C@@H](O)Cc1ccccc1. The van der Waals surface area contributed by atoms with E-state index in [0.29, 0.717) is 19.4 Å². The van der Waals surface area contributed by atoms with E-state index in [0.717, 1.165) is 50.6 Å². The van der Waals surface area contributed by atoms with Crippen LogP contribution in [0, 0.1) is 0 Å². The number of aliphatic hydroxyl groups excluding tert-OH is 1. The first kappa shape index (κ1) is 23.1. The Morgan fingerprint density at radius 2 is 1.93 bits per heavy atom. The van der Waals surface area contributed by atoms with Gasteiger partial charge in [-0.05, 0) is 24.8 Å². The van der Waals surface area contributed by atoms with Crippen LogP contribution in [0.3, 0.4) is 0 Å². The Kier molecular flexibility index (Phi) is 10.5. The molecule has 29 heavy (non-hydrogen) atoms. The molecule has 1 saturated heterocycles. The standard InChI is InChI=1S/C23H34N2O4/c24-18-23(28)29-16-8-3-1-2-7-15-25-20(12-14-22(25)27)11-13-21(26)17-19-9-5-4-6-10-19/h4-6,9-11,13,20-21,26H,1-3,7-8,12,14-18,24H2/t20-,21+/m0/s1. The number of esters is 1. The summed E-state index contributed by atoms with van der Waals surface area (Å²) in [6, 6.07) is 9.99. The van der Waals surface area contributed by atoms with Crippen molar-refractivity contribution < 1.29 is 19.4 Å². The number of hydrogen-bond donors (Lipinski definition) is 2. The molecular weight excluding hydrogens is 368 g/mol. The zero-order chi connectivity index (χ0) is 20.9. The molecule has 0 spiro atoms. The molecule has 160 valence electrons. The zero-order valence-corrected chi connectivity index (χ0v) is 17.2. The molecule has 1 amide bonds. The Balaban J connectivity index is 1.64. The Morgan fingerprint density at radius 3 is 2.69 bits per heavy atom. The maximum absolute atomic E-state index is 12.2. The molecule has 6 nitrogen and oxygen atoms in total. The van der Waals surface area contributed by atoms with Gasteiger partial charge in [0.2, 0.25) is 5.91 Å². The van der Waals surface area contributed by atoms with Gasteiger partial charge in [0.1, 0.15) is 0 Å². The van der Waals surface area contributed by atoms with Crippen LogP contribution >= 0.6 is 0 Å². The molecule has 0 aliphatic carbocycles. The summed E-state index contributed by atoms with van der Waals surface area (Å²) in [5, 5.41) is 10.3. The summed E-state index contributed by atoms with van der Waals surface area (Å²) in [5.41, 5.74) is 6.28. The number of ether oxygens (including phenoxy) is 1. The van der Waals surface area contributed by atoms with Gasteiger partial charge in [-0.2, -0.15) is 0 Å². The van der Waals surface area contributed by atoms with Crippen LogP contribution in [0.1, 0.15) is 50.5 Å². The topological polar surface area (TPSA) is 92.9 Å². The molecule has 0 radical (unpaired) electrons. The van der Waals surface area contributed by atoms with Gasteiger partial charge in [0.25, 0.3) is 0 Å². The van der Waals surface area contributed by atoms with Gasteiger partial charge in [0.05, 0.1) is 25.3 Å². The number of carbonyl (C=O) groups excluding carboxylic acids is 2. The zero-order valence-electron chi connectivity index (χ0n) is 17.2. The van der Waals surface area contributed by atoms with Gasteiger partial charge in [-0.25, -0.2) is 0 Å². The Morgan fingerprint density at radius 1 is 1.21 bits per heavy atom. The fourth-order valence-corrected chi connectivity index (χ4v) is 3.59. The van der Waals surface area contributed by atoms with Crippen molar-refractivity contribution >= 4 is 11.9 Å². The van der Waals surface area contributed by atoms with Crippen molar-refractivity contribution in [3.05, 3.63) is 48.0 Å². The highest BCUT2D eigenvalue weighted by molar-refractivity contribution is 5.79. The number of amides is 1. The number of nitrogens with zero attached hydrogens (tertiary/aromatic N) is 1. The summed E-state index contributed by atoms with van der Waals surface area (Å²) in [6.45, 7) is 1.12. The van der Waals surface area contributed by atoms with Gasteiger partial charge in [-0.3, -0.25) is 9.59 Å². The molecule has 1 fully saturated rings.